The van der Waals surface area contributed by atoms with Crippen molar-refractivity contribution in [2.45, 2.75) is 30.7 Å². The number of esters is 1. The van der Waals surface area contributed by atoms with Crippen LogP contribution in [0.5, 0.6) is 46.0 Å². The topological polar surface area (TPSA) is 266 Å². The van der Waals surface area contributed by atoms with E-state index in [1.54, 1.807) is 0 Å². The first-order valence-electron chi connectivity index (χ1n) is 13.7. The number of hydrogen-bond donors (Lipinski definition) is 9. The molecule has 0 unspecified atom stereocenters. The molecule has 16 heteroatoms. The predicted molar refractivity (Wildman–Crippen MR) is 158 cm³/mol. The van der Waals surface area contributed by atoms with Gasteiger partial charge in [-0.05, 0) is 42.0 Å². The summed E-state index contributed by atoms with van der Waals surface area (Å²) in [5.74, 6) is -5.82. The van der Waals surface area contributed by atoms with Crippen molar-refractivity contribution in [1.29, 1.82) is 0 Å². The zero-order valence-electron chi connectivity index (χ0n) is 24.2. The molecule has 1 aromatic heterocycles. The molecule has 0 saturated carbocycles. The SMILES string of the molecule is COc1c(O[C@@H]2O[C@H](COC(=O)/C=C/c3ccc(O)c(O)c3)[C@@H](O)[C@H](O)[C@H]2O)cc2oc(-c3ccc(O)c(O)c3)c(O)c(=O)c2c1O. The quantitative estimate of drug-likeness (QED) is 0.0731. The normalized spacial score (nSPS) is 21.1. The van der Waals surface area contributed by atoms with Gasteiger partial charge < -0.3 is 69.3 Å². The highest BCUT2D eigenvalue weighted by Gasteiger charge is 2.46. The van der Waals surface area contributed by atoms with E-state index in [9.17, 15) is 55.5 Å². The Balaban J connectivity index is 1.40. The van der Waals surface area contributed by atoms with Gasteiger partial charge in [-0.2, -0.15) is 0 Å². The van der Waals surface area contributed by atoms with E-state index < -0.39 is 100 Å². The summed E-state index contributed by atoms with van der Waals surface area (Å²) >= 11 is 0. The fourth-order valence-corrected chi connectivity index (χ4v) is 4.73. The van der Waals surface area contributed by atoms with Crippen molar-refractivity contribution < 1.29 is 74.1 Å². The number of carbonyl (C=O) groups excluding carboxylic acids is 1. The van der Waals surface area contributed by atoms with E-state index in [0.717, 1.165) is 31.4 Å². The lowest BCUT2D eigenvalue weighted by atomic mass is 9.99. The van der Waals surface area contributed by atoms with E-state index in [0.29, 0.717) is 5.56 Å². The maximum Gasteiger partial charge on any atom is 0.330 e. The molecule has 5 atom stereocenters. The van der Waals surface area contributed by atoms with Gasteiger partial charge in [-0.25, -0.2) is 4.79 Å². The van der Waals surface area contributed by atoms with Crippen molar-refractivity contribution in [3.05, 3.63) is 64.3 Å². The summed E-state index contributed by atoms with van der Waals surface area (Å²) in [5, 5.41) is 90.9. The molecule has 2 heterocycles. The average Bonchev–Trinajstić information content (AvgIpc) is 3.04. The summed E-state index contributed by atoms with van der Waals surface area (Å²) in [6.45, 7) is -0.633. The number of aliphatic hydroxyl groups is 3. The van der Waals surface area contributed by atoms with Crippen LogP contribution in [0.2, 0.25) is 0 Å². The lowest BCUT2D eigenvalue weighted by Crippen LogP contribution is -2.60. The number of aromatic hydroxyl groups is 6. The van der Waals surface area contributed by atoms with E-state index in [2.05, 4.69) is 0 Å². The molecule has 0 aliphatic carbocycles. The van der Waals surface area contributed by atoms with Gasteiger partial charge in [0.2, 0.25) is 23.2 Å². The van der Waals surface area contributed by atoms with Crippen LogP contribution in [0.1, 0.15) is 5.56 Å². The molecule has 1 fully saturated rings. The van der Waals surface area contributed by atoms with Gasteiger partial charge in [0.15, 0.2) is 40.3 Å². The summed E-state index contributed by atoms with van der Waals surface area (Å²) in [5.41, 5.74) is -1.13. The maximum atomic E-state index is 13.0. The van der Waals surface area contributed by atoms with Crippen LogP contribution in [0, 0.1) is 0 Å². The van der Waals surface area contributed by atoms with Gasteiger partial charge in [0.05, 0.1) is 7.11 Å². The number of carbonyl (C=O) groups is 1. The Hall–Kier alpha value is -5.68. The molecule has 0 spiro atoms. The lowest BCUT2D eigenvalue weighted by Gasteiger charge is -2.40. The van der Waals surface area contributed by atoms with Crippen LogP contribution in [0.4, 0.5) is 0 Å². The molecule has 4 aromatic rings. The Kier molecular flexibility index (Phi) is 9.03. The second kappa shape index (κ2) is 13.0. The molecule has 248 valence electrons. The van der Waals surface area contributed by atoms with E-state index >= 15 is 0 Å². The Labute approximate surface area is 263 Å². The van der Waals surface area contributed by atoms with Gasteiger partial charge in [0, 0.05) is 17.7 Å². The Morgan fingerprint density at radius 2 is 1.53 bits per heavy atom. The zero-order valence-corrected chi connectivity index (χ0v) is 24.2. The predicted octanol–water partition coefficient (Wildman–Crippen LogP) is 1.15. The van der Waals surface area contributed by atoms with E-state index in [-0.39, 0.29) is 16.9 Å². The van der Waals surface area contributed by atoms with E-state index in [1.807, 2.05) is 0 Å². The number of benzene rings is 3. The minimum Gasteiger partial charge on any atom is -0.504 e. The van der Waals surface area contributed by atoms with Crippen molar-refractivity contribution in [2.24, 2.45) is 0 Å². The fourth-order valence-electron chi connectivity index (χ4n) is 4.73. The Bertz CT molecular complexity index is 1910. The van der Waals surface area contributed by atoms with Crippen molar-refractivity contribution in [3.63, 3.8) is 0 Å². The van der Waals surface area contributed by atoms with Crippen LogP contribution in [0.3, 0.4) is 0 Å². The molecule has 9 N–H and O–H groups in total. The van der Waals surface area contributed by atoms with Crippen LogP contribution in [0.15, 0.2) is 57.8 Å². The van der Waals surface area contributed by atoms with Gasteiger partial charge in [-0.1, -0.05) is 6.07 Å². The minimum absolute atomic E-state index is 0.0221. The van der Waals surface area contributed by atoms with Crippen LogP contribution in [-0.4, -0.2) is 96.4 Å². The first kappa shape index (κ1) is 32.7. The largest absolute Gasteiger partial charge is 0.504 e. The molecule has 0 radical (unpaired) electrons. The van der Waals surface area contributed by atoms with Crippen molar-refractivity contribution in [3.8, 4) is 57.3 Å². The molecular formula is C31H28O16. The monoisotopic (exact) mass is 656 g/mol. The number of phenols is 5. The van der Waals surface area contributed by atoms with Crippen molar-refractivity contribution in [1.82, 2.24) is 0 Å². The summed E-state index contributed by atoms with van der Waals surface area (Å²) in [6, 6.07) is 8.20. The molecule has 1 aliphatic heterocycles. The molecule has 3 aromatic carbocycles. The molecule has 5 rings (SSSR count). The second-order valence-corrected chi connectivity index (χ2v) is 10.3. The zero-order chi connectivity index (χ0) is 34.2. The van der Waals surface area contributed by atoms with Crippen LogP contribution >= 0.6 is 0 Å². The highest BCUT2D eigenvalue weighted by Crippen LogP contribution is 2.45. The number of fused-ring (bicyclic) bond motifs is 1. The average molecular weight is 657 g/mol. The van der Waals surface area contributed by atoms with Gasteiger partial charge in [0.1, 0.15) is 42.0 Å². The minimum atomic E-state index is -1.90. The van der Waals surface area contributed by atoms with Crippen molar-refractivity contribution >= 4 is 23.0 Å². The first-order valence-corrected chi connectivity index (χ1v) is 13.7. The number of ether oxygens (including phenoxy) is 4. The summed E-state index contributed by atoms with van der Waals surface area (Å²) in [7, 11) is 1.11. The molecular weight excluding hydrogens is 628 g/mol. The summed E-state index contributed by atoms with van der Waals surface area (Å²) in [6.07, 6.45) is -6.50. The first-order chi connectivity index (χ1) is 22.3. The van der Waals surface area contributed by atoms with Crippen LogP contribution in [-0.2, 0) is 14.3 Å². The molecule has 1 saturated heterocycles. The highest BCUT2D eigenvalue weighted by atomic mass is 16.7. The molecule has 16 nitrogen and oxygen atoms in total. The second-order valence-electron chi connectivity index (χ2n) is 10.3. The third kappa shape index (κ3) is 6.38. The molecule has 0 amide bonds. The fraction of sp³-hybridized carbons (Fsp3) is 0.226. The molecule has 0 bridgehead atoms. The van der Waals surface area contributed by atoms with Gasteiger partial charge in [-0.3, -0.25) is 4.79 Å². The van der Waals surface area contributed by atoms with Crippen LogP contribution < -0.4 is 14.9 Å². The number of aliphatic hydroxyl groups excluding tert-OH is 3. The number of methoxy groups -OCH3 is 1. The van der Waals surface area contributed by atoms with Crippen molar-refractivity contribution in [2.75, 3.05) is 13.7 Å². The standard InChI is InChI=1S/C31H28O16/c1-43-30-19(10-18-22(25(30)39)24(38)27(41)29(45-18)13-4-6-15(33)17(35)9-13)46-31-28(42)26(40)23(37)20(47-31)11-44-21(36)7-3-12-2-5-14(32)16(34)8-12/h2-10,20,23,26,28,31-35,37,39-42H,11H2,1H3/b7-3+/t20-,23-,26+,28-,31-/m1/s1. The highest BCUT2D eigenvalue weighted by molar-refractivity contribution is 5.91. The summed E-state index contributed by atoms with van der Waals surface area (Å²) in [4.78, 5) is 25.3. The number of phenolic OH excluding ortho intramolecular Hbond substituents is 5. The maximum absolute atomic E-state index is 13.0. The van der Waals surface area contributed by atoms with Gasteiger partial charge >= 0.3 is 5.97 Å². The van der Waals surface area contributed by atoms with Gasteiger partial charge in [-0.15, -0.1) is 0 Å². The smallest absolute Gasteiger partial charge is 0.330 e. The third-order valence-electron chi connectivity index (χ3n) is 7.21. The number of rotatable bonds is 8. The van der Waals surface area contributed by atoms with E-state index in [4.69, 9.17) is 23.4 Å². The van der Waals surface area contributed by atoms with Gasteiger partial charge in [0.25, 0.3) is 0 Å². The summed E-state index contributed by atoms with van der Waals surface area (Å²) < 4.78 is 27.2. The Morgan fingerprint density at radius 1 is 0.851 bits per heavy atom. The van der Waals surface area contributed by atoms with E-state index in [1.165, 1.54) is 30.3 Å². The van der Waals surface area contributed by atoms with Crippen LogP contribution in [0.25, 0.3) is 28.4 Å². The molecule has 1 aliphatic rings. The number of hydrogen-bond acceptors (Lipinski definition) is 16. The lowest BCUT2D eigenvalue weighted by molar-refractivity contribution is -0.278. The molecule has 47 heavy (non-hydrogen) atoms. The Morgan fingerprint density at radius 3 is 2.19 bits per heavy atom. The third-order valence-corrected chi connectivity index (χ3v) is 7.21.